The second-order valence-corrected chi connectivity index (χ2v) is 14.4. The Kier molecular flexibility index (Phi) is 8.06. The smallest absolute Gasteiger partial charge is 0.262 e. The minimum atomic E-state index is -0.473. The summed E-state index contributed by atoms with van der Waals surface area (Å²) in [5.74, 6) is 0.325. The van der Waals surface area contributed by atoms with E-state index in [2.05, 4.69) is 60.5 Å². The van der Waals surface area contributed by atoms with E-state index in [9.17, 15) is 14.4 Å². The predicted molar refractivity (Wildman–Crippen MR) is 172 cm³/mol. The average molecular weight is 683 g/mol. The maximum absolute atomic E-state index is 13.8. The number of allylic oxidation sites excluding steroid dienone is 4. The normalized spacial score (nSPS) is 19.9. The fourth-order valence-corrected chi connectivity index (χ4v) is 7.36. The molecule has 0 atom stereocenters. The molecule has 42 heavy (non-hydrogen) atoms. The summed E-state index contributed by atoms with van der Waals surface area (Å²) in [6.07, 6.45) is 2.39. The Morgan fingerprint density at radius 3 is 2.10 bits per heavy atom. The van der Waals surface area contributed by atoms with Crippen LogP contribution in [0.3, 0.4) is 0 Å². The highest BCUT2D eigenvalue weighted by atomic mass is 127. The van der Waals surface area contributed by atoms with Gasteiger partial charge < -0.3 is 19.7 Å². The second-order valence-electron chi connectivity index (χ2n) is 13.3. The molecule has 0 saturated carbocycles. The van der Waals surface area contributed by atoms with Crippen molar-refractivity contribution in [3.63, 3.8) is 0 Å². The first-order valence-electron chi connectivity index (χ1n) is 14.3. The summed E-state index contributed by atoms with van der Waals surface area (Å²) >= 11 is 2.18. The number of nitrogens with zero attached hydrogens (tertiary/aromatic N) is 1. The molecule has 0 bridgehead atoms. The van der Waals surface area contributed by atoms with Crippen LogP contribution in [-0.4, -0.2) is 43.1 Å². The van der Waals surface area contributed by atoms with Crippen molar-refractivity contribution in [1.29, 1.82) is 0 Å². The van der Waals surface area contributed by atoms with E-state index in [1.165, 1.54) is 0 Å². The lowest BCUT2D eigenvalue weighted by Gasteiger charge is -2.48. The lowest BCUT2D eigenvalue weighted by molar-refractivity contribution is -0.120. The minimum Gasteiger partial charge on any atom is -0.493 e. The van der Waals surface area contributed by atoms with Crippen LogP contribution in [0.25, 0.3) is 0 Å². The molecule has 7 nitrogen and oxygen atoms in total. The molecule has 1 aliphatic heterocycles. The Bertz CT molecular complexity index is 1500. The van der Waals surface area contributed by atoms with E-state index in [-0.39, 0.29) is 34.9 Å². The number of hydrogen-bond acceptors (Lipinski definition) is 6. The first kappa shape index (κ1) is 30.3. The number of methoxy groups -OCH3 is 1. The molecule has 5 rings (SSSR count). The highest BCUT2D eigenvalue weighted by molar-refractivity contribution is 14.1. The van der Waals surface area contributed by atoms with Crippen molar-refractivity contribution in [1.82, 2.24) is 4.90 Å². The summed E-state index contributed by atoms with van der Waals surface area (Å²) in [4.78, 5) is 42.5. The van der Waals surface area contributed by atoms with Gasteiger partial charge in [-0.2, -0.15) is 0 Å². The molecule has 0 radical (unpaired) electrons. The molecule has 3 aliphatic rings. The van der Waals surface area contributed by atoms with E-state index in [1.54, 1.807) is 7.11 Å². The molecule has 222 valence electrons. The highest BCUT2D eigenvalue weighted by Crippen LogP contribution is 2.54. The van der Waals surface area contributed by atoms with Crippen LogP contribution in [0.5, 0.6) is 11.5 Å². The number of nitrogens with one attached hydrogen (secondary N) is 1. The summed E-state index contributed by atoms with van der Waals surface area (Å²) in [6.45, 7) is 10.3. The van der Waals surface area contributed by atoms with Crippen LogP contribution < -0.4 is 14.8 Å². The highest BCUT2D eigenvalue weighted by Gasteiger charge is 2.48. The van der Waals surface area contributed by atoms with Crippen molar-refractivity contribution in [2.24, 2.45) is 10.8 Å². The Hall–Kier alpha value is -3.14. The van der Waals surface area contributed by atoms with E-state index in [4.69, 9.17) is 9.47 Å². The molecule has 0 aromatic heterocycles. The zero-order valence-corrected chi connectivity index (χ0v) is 27.6. The van der Waals surface area contributed by atoms with Crippen LogP contribution >= 0.6 is 22.6 Å². The van der Waals surface area contributed by atoms with Gasteiger partial charge in [0.05, 0.1) is 10.7 Å². The van der Waals surface area contributed by atoms with Gasteiger partial charge in [-0.15, -0.1) is 0 Å². The standard InChI is InChI=1S/C34H39IN2O5/c1-19-10-8-9-11-22(19)36-28(40)18-42-32-21(35)12-20(13-27(32)41-7)29-30-23(14-33(2,3)16-25(30)38)37(6)24-15-34(4,5)17-26(39)31(24)29/h8-13,29H,14-18H2,1-7H3,(H,36,40). The quantitative estimate of drug-likeness (QED) is 0.333. The van der Waals surface area contributed by atoms with E-state index in [0.29, 0.717) is 35.5 Å². The number of Topliss-reactive ketones (excluding diaryl/α,β-unsaturated/α-hetero) is 2. The number of ether oxygens (including phenoxy) is 2. The molecule has 2 aromatic carbocycles. The Morgan fingerprint density at radius 1 is 0.976 bits per heavy atom. The number of carbonyl (C=O) groups is 3. The van der Waals surface area contributed by atoms with Crippen LogP contribution in [0, 0.1) is 21.3 Å². The van der Waals surface area contributed by atoms with Gasteiger partial charge in [0.2, 0.25) is 0 Å². The number of hydrogen-bond donors (Lipinski definition) is 1. The van der Waals surface area contributed by atoms with Crippen molar-refractivity contribution in [3.8, 4) is 11.5 Å². The Balaban J connectivity index is 1.54. The summed E-state index contributed by atoms with van der Waals surface area (Å²) < 4.78 is 12.5. The fourth-order valence-electron chi connectivity index (χ4n) is 6.58. The average Bonchev–Trinajstić information content (AvgIpc) is 2.89. The van der Waals surface area contributed by atoms with E-state index in [1.807, 2.05) is 50.4 Å². The van der Waals surface area contributed by atoms with Gasteiger partial charge in [-0.05, 0) is 82.5 Å². The van der Waals surface area contributed by atoms with Gasteiger partial charge in [-0.25, -0.2) is 0 Å². The second kappa shape index (κ2) is 11.2. The number of amides is 1. The van der Waals surface area contributed by atoms with Crippen molar-refractivity contribution >= 4 is 45.8 Å². The number of carbonyl (C=O) groups excluding carboxylic acids is 3. The van der Waals surface area contributed by atoms with Crippen LogP contribution in [0.4, 0.5) is 5.69 Å². The Morgan fingerprint density at radius 2 is 1.55 bits per heavy atom. The fraction of sp³-hybridized carbons (Fsp3) is 0.441. The predicted octanol–water partition coefficient (Wildman–Crippen LogP) is 6.94. The number of para-hydroxylation sites is 1. The number of halogens is 1. The van der Waals surface area contributed by atoms with Gasteiger partial charge >= 0.3 is 0 Å². The first-order chi connectivity index (χ1) is 19.7. The number of rotatable bonds is 6. The van der Waals surface area contributed by atoms with Gasteiger partial charge in [-0.3, -0.25) is 14.4 Å². The lowest BCUT2D eigenvalue weighted by Crippen LogP contribution is -2.43. The largest absolute Gasteiger partial charge is 0.493 e. The molecular weight excluding hydrogens is 643 g/mol. The number of ketones is 2. The van der Waals surface area contributed by atoms with Gasteiger partial charge in [0.15, 0.2) is 29.7 Å². The molecule has 1 amide bonds. The molecule has 0 unspecified atom stereocenters. The molecule has 8 heteroatoms. The molecule has 1 heterocycles. The van der Waals surface area contributed by atoms with E-state index < -0.39 is 5.92 Å². The zero-order chi connectivity index (χ0) is 30.6. The zero-order valence-electron chi connectivity index (χ0n) is 25.4. The number of benzene rings is 2. The summed E-state index contributed by atoms with van der Waals surface area (Å²) in [5, 5.41) is 2.89. The molecule has 2 aliphatic carbocycles. The van der Waals surface area contributed by atoms with Crippen molar-refractivity contribution in [2.45, 2.75) is 66.2 Å². The van der Waals surface area contributed by atoms with Gasteiger partial charge in [0.25, 0.3) is 5.91 Å². The molecule has 1 N–H and O–H groups in total. The maximum Gasteiger partial charge on any atom is 0.262 e. The molecule has 2 aromatic rings. The van der Waals surface area contributed by atoms with E-state index >= 15 is 0 Å². The molecule has 0 spiro atoms. The summed E-state index contributed by atoms with van der Waals surface area (Å²) in [5.41, 5.74) is 5.64. The maximum atomic E-state index is 13.8. The molecule has 0 fully saturated rings. The topological polar surface area (TPSA) is 84.9 Å². The molecule has 0 saturated heterocycles. The van der Waals surface area contributed by atoms with Gasteiger partial charge in [-0.1, -0.05) is 45.9 Å². The van der Waals surface area contributed by atoms with Gasteiger partial charge in [0, 0.05) is 54.0 Å². The first-order valence-corrected chi connectivity index (χ1v) is 15.4. The number of anilines is 1. The van der Waals surface area contributed by atoms with Crippen molar-refractivity contribution in [3.05, 3.63) is 73.6 Å². The third-order valence-electron chi connectivity index (χ3n) is 8.53. The van der Waals surface area contributed by atoms with Crippen LogP contribution in [0.15, 0.2) is 58.9 Å². The number of aryl methyl sites for hydroxylation is 1. The SMILES string of the molecule is COc1cc(C2C3=C(CC(C)(C)CC3=O)N(C)C3=C2C(=O)CC(C)(C)C3)cc(I)c1OCC(=O)Nc1ccccc1C. The summed E-state index contributed by atoms with van der Waals surface area (Å²) in [7, 11) is 3.57. The van der Waals surface area contributed by atoms with Crippen molar-refractivity contribution in [2.75, 3.05) is 26.1 Å². The van der Waals surface area contributed by atoms with Crippen LogP contribution in [-0.2, 0) is 14.4 Å². The van der Waals surface area contributed by atoms with Crippen LogP contribution in [0.2, 0.25) is 0 Å². The third-order valence-corrected chi connectivity index (χ3v) is 9.33. The monoisotopic (exact) mass is 682 g/mol. The van der Waals surface area contributed by atoms with Crippen molar-refractivity contribution < 1.29 is 23.9 Å². The van der Waals surface area contributed by atoms with Gasteiger partial charge in [0.1, 0.15) is 0 Å². The van der Waals surface area contributed by atoms with E-state index in [0.717, 1.165) is 44.6 Å². The molecular formula is C34H39IN2O5. The third kappa shape index (κ3) is 5.74. The van der Waals surface area contributed by atoms with Crippen LogP contribution in [0.1, 0.15) is 70.4 Å². The lowest BCUT2D eigenvalue weighted by atomic mass is 9.64. The summed E-state index contributed by atoms with van der Waals surface area (Å²) in [6, 6.07) is 11.4. The Labute approximate surface area is 261 Å². The minimum absolute atomic E-state index is 0.0875.